The Morgan fingerprint density at radius 1 is 1.18 bits per heavy atom. The predicted molar refractivity (Wildman–Crippen MR) is 126 cm³/mol. The lowest BCUT2D eigenvalue weighted by atomic mass is 10.1. The third kappa shape index (κ3) is 7.75. The molecule has 2 aromatic rings. The Labute approximate surface area is 190 Å². The van der Waals surface area contributed by atoms with Crippen molar-refractivity contribution in [3.8, 4) is 0 Å². The Balaban J connectivity index is 0.00000392. The van der Waals surface area contributed by atoms with E-state index in [1.165, 1.54) is 6.07 Å². The summed E-state index contributed by atoms with van der Waals surface area (Å²) >= 11 is 3.26. The van der Waals surface area contributed by atoms with Crippen LogP contribution in [0.4, 0.5) is 4.39 Å². The van der Waals surface area contributed by atoms with Crippen LogP contribution in [0.25, 0.3) is 0 Å². The van der Waals surface area contributed by atoms with Crippen LogP contribution in [-0.2, 0) is 13.0 Å². The molecule has 0 saturated heterocycles. The van der Waals surface area contributed by atoms with E-state index < -0.39 is 0 Å². The fraction of sp³-hybridized carbons (Fsp3) is 0.300. The molecule has 2 aromatic carbocycles. The third-order valence-corrected chi connectivity index (χ3v) is 4.52. The lowest BCUT2D eigenvalue weighted by Crippen LogP contribution is -2.37. The van der Waals surface area contributed by atoms with E-state index in [0.29, 0.717) is 36.6 Å². The molecule has 8 heteroatoms. The standard InChI is InChI=1S/C20H24BrFN4O.HI/c1-23-19(27)16-6-3-5-14(11-16)13-26-20(24-2)25-10-4-7-15-8-9-17(21)12-18(15)22;/h3,5-6,8-9,11-12H,4,7,10,13H2,1-2H3,(H,23,27)(H2,24,25,26);1H. The van der Waals surface area contributed by atoms with Crippen molar-refractivity contribution in [2.45, 2.75) is 19.4 Å². The van der Waals surface area contributed by atoms with Gasteiger partial charge < -0.3 is 16.0 Å². The van der Waals surface area contributed by atoms with E-state index in [9.17, 15) is 9.18 Å². The van der Waals surface area contributed by atoms with E-state index in [1.54, 1.807) is 26.2 Å². The highest BCUT2D eigenvalue weighted by Gasteiger charge is 2.05. The van der Waals surface area contributed by atoms with Gasteiger partial charge in [-0.1, -0.05) is 34.1 Å². The van der Waals surface area contributed by atoms with Crippen LogP contribution in [0.2, 0.25) is 0 Å². The van der Waals surface area contributed by atoms with Gasteiger partial charge in [-0.25, -0.2) is 4.39 Å². The number of aryl methyl sites for hydroxylation is 1. The average molecular weight is 563 g/mol. The molecule has 0 radical (unpaired) electrons. The molecule has 0 bridgehead atoms. The van der Waals surface area contributed by atoms with Crippen LogP contribution in [-0.4, -0.2) is 32.5 Å². The molecule has 0 aliphatic heterocycles. The van der Waals surface area contributed by atoms with Gasteiger partial charge in [-0.05, 0) is 48.2 Å². The number of carbonyl (C=O) groups excluding carboxylic acids is 1. The first kappa shape index (κ1) is 24.4. The first-order valence-corrected chi connectivity index (χ1v) is 9.52. The van der Waals surface area contributed by atoms with E-state index in [-0.39, 0.29) is 35.7 Å². The summed E-state index contributed by atoms with van der Waals surface area (Å²) in [6.07, 6.45) is 1.43. The van der Waals surface area contributed by atoms with Gasteiger partial charge in [-0.15, -0.1) is 24.0 Å². The van der Waals surface area contributed by atoms with E-state index in [1.807, 2.05) is 24.3 Å². The van der Waals surface area contributed by atoms with Crippen LogP contribution in [0.5, 0.6) is 0 Å². The molecule has 0 atom stereocenters. The number of nitrogens with zero attached hydrogens (tertiary/aromatic N) is 1. The maximum Gasteiger partial charge on any atom is 0.251 e. The van der Waals surface area contributed by atoms with Gasteiger partial charge >= 0.3 is 0 Å². The van der Waals surface area contributed by atoms with Crippen molar-refractivity contribution in [1.82, 2.24) is 16.0 Å². The highest BCUT2D eigenvalue weighted by molar-refractivity contribution is 14.0. The molecule has 2 rings (SSSR count). The van der Waals surface area contributed by atoms with Crippen molar-refractivity contribution in [3.05, 3.63) is 69.4 Å². The average Bonchev–Trinajstić information content (AvgIpc) is 2.68. The second kappa shape index (κ2) is 12.7. The largest absolute Gasteiger partial charge is 0.356 e. The SMILES string of the molecule is CN=C(NCCCc1ccc(Br)cc1F)NCc1cccc(C(=O)NC)c1.I. The zero-order chi connectivity index (χ0) is 19.6. The van der Waals surface area contributed by atoms with Crippen molar-refractivity contribution >= 4 is 51.8 Å². The quantitative estimate of drug-likeness (QED) is 0.208. The molecule has 0 aliphatic rings. The smallest absolute Gasteiger partial charge is 0.251 e. The number of hydrogen-bond donors (Lipinski definition) is 3. The maximum atomic E-state index is 13.8. The van der Waals surface area contributed by atoms with Crippen molar-refractivity contribution in [3.63, 3.8) is 0 Å². The Hall–Kier alpha value is -1.68. The molecule has 3 N–H and O–H groups in total. The number of guanidine groups is 1. The summed E-state index contributed by atoms with van der Waals surface area (Å²) in [5.74, 6) is 0.360. The van der Waals surface area contributed by atoms with Gasteiger partial charge in [0.1, 0.15) is 5.82 Å². The Morgan fingerprint density at radius 3 is 2.64 bits per heavy atom. The molecule has 1 amide bonds. The fourth-order valence-electron chi connectivity index (χ4n) is 2.58. The second-order valence-corrected chi connectivity index (χ2v) is 6.89. The molecule has 0 fully saturated rings. The molecule has 0 heterocycles. The molecule has 0 saturated carbocycles. The van der Waals surface area contributed by atoms with Gasteiger partial charge in [0, 0.05) is 37.2 Å². The zero-order valence-electron chi connectivity index (χ0n) is 15.9. The van der Waals surface area contributed by atoms with Crippen LogP contribution in [0.3, 0.4) is 0 Å². The summed E-state index contributed by atoms with van der Waals surface area (Å²) in [6, 6.07) is 12.5. The monoisotopic (exact) mass is 562 g/mol. The van der Waals surface area contributed by atoms with Crippen LogP contribution >= 0.6 is 39.9 Å². The molecule has 28 heavy (non-hydrogen) atoms. The lowest BCUT2D eigenvalue weighted by Gasteiger charge is -2.12. The number of amides is 1. The van der Waals surface area contributed by atoms with Gasteiger partial charge in [0.2, 0.25) is 0 Å². The summed E-state index contributed by atoms with van der Waals surface area (Å²) < 4.78 is 14.6. The molecular formula is C20H25BrFIN4O. The van der Waals surface area contributed by atoms with Crippen LogP contribution in [0.15, 0.2) is 51.9 Å². The minimum Gasteiger partial charge on any atom is -0.356 e. The summed E-state index contributed by atoms with van der Waals surface area (Å²) in [7, 11) is 3.31. The first-order chi connectivity index (χ1) is 13.0. The Morgan fingerprint density at radius 2 is 1.96 bits per heavy atom. The van der Waals surface area contributed by atoms with E-state index >= 15 is 0 Å². The van der Waals surface area contributed by atoms with Gasteiger partial charge in [0.15, 0.2) is 5.96 Å². The van der Waals surface area contributed by atoms with Crippen molar-refractivity contribution in [2.24, 2.45) is 4.99 Å². The van der Waals surface area contributed by atoms with E-state index in [0.717, 1.165) is 16.5 Å². The summed E-state index contributed by atoms with van der Waals surface area (Å²) in [4.78, 5) is 15.9. The normalized spacial score (nSPS) is 10.8. The fourth-order valence-corrected chi connectivity index (χ4v) is 2.92. The van der Waals surface area contributed by atoms with E-state index in [4.69, 9.17) is 0 Å². The van der Waals surface area contributed by atoms with Crippen molar-refractivity contribution < 1.29 is 9.18 Å². The van der Waals surface area contributed by atoms with Crippen LogP contribution < -0.4 is 16.0 Å². The zero-order valence-corrected chi connectivity index (χ0v) is 19.8. The van der Waals surface area contributed by atoms with Crippen LogP contribution in [0, 0.1) is 5.82 Å². The molecule has 152 valence electrons. The van der Waals surface area contributed by atoms with Gasteiger partial charge in [0.25, 0.3) is 5.91 Å². The van der Waals surface area contributed by atoms with Crippen LogP contribution in [0.1, 0.15) is 27.9 Å². The van der Waals surface area contributed by atoms with E-state index in [2.05, 4.69) is 36.9 Å². The molecular weight excluding hydrogens is 538 g/mol. The topological polar surface area (TPSA) is 65.5 Å². The number of benzene rings is 2. The molecule has 5 nitrogen and oxygen atoms in total. The second-order valence-electron chi connectivity index (χ2n) is 5.97. The highest BCUT2D eigenvalue weighted by atomic mass is 127. The van der Waals surface area contributed by atoms with Crippen molar-refractivity contribution in [2.75, 3.05) is 20.6 Å². The lowest BCUT2D eigenvalue weighted by molar-refractivity contribution is 0.0963. The molecule has 0 aliphatic carbocycles. The highest BCUT2D eigenvalue weighted by Crippen LogP contribution is 2.16. The number of aliphatic imine (C=N–C) groups is 1. The third-order valence-electron chi connectivity index (χ3n) is 4.03. The Bertz CT molecular complexity index is 817. The minimum absolute atomic E-state index is 0. The number of halogens is 3. The molecule has 0 unspecified atom stereocenters. The van der Waals surface area contributed by atoms with Gasteiger partial charge in [-0.3, -0.25) is 9.79 Å². The van der Waals surface area contributed by atoms with Gasteiger partial charge in [0.05, 0.1) is 0 Å². The molecule has 0 aromatic heterocycles. The maximum absolute atomic E-state index is 13.8. The summed E-state index contributed by atoms with van der Waals surface area (Å²) in [5.41, 5.74) is 2.31. The number of hydrogen-bond acceptors (Lipinski definition) is 2. The summed E-state index contributed by atoms with van der Waals surface area (Å²) in [5, 5.41) is 9.05. The summed E-state index contributed by atoms with van der Waals surface area (Å²) in [6.45, 7) is 1.22. The van der Waals surface area contributed by atoms with Crippen molar-refractivity contribution in [1.29, 1.82) is 0 Å². The minimum atomic E-state index is -0.192. The van der Waals surface area contributed by atoms with Gasteiger partial charge in [-0.2, -0.15) is 0 Å². The molecule has 0 spiro atoms. The number of carbonyl (C=O) groups is 1. The number of rotatable bonds is 7. The Kier molecular flexibility index (Phi) is 11.1. The predicted octanol–water partition coefficient (Wildman–Crippen LogP) is 3.86. The number of nitrogens with one attached hydrogen (secondary N) is 3. The first-order valence-electron chi connectivity index (χ1n) is 8.73.